The van der Waals surface area contributed by atoms with Gasteiger partial charge in [0.25, 0.3) is 0 Å². The molecule has 1 atom stereocenters. The Labute approximate surface area is 118 Å². The van der Waals surface area contributed by atoms with E-state index in [1.54, 1.807) is 24.8 Å². The van der Waals surface area contributed by atoms with Gasteiger partial charge >= 0.3 is 0 Å². The van der Waals surface area contributed by atoms with Gasteiger partial charge in [-0.2, -0.15) is 5.10 Å². The second-order valence-electron chi connectivity index (χ2n) is 4.21. The van der Waals surface area contributed by atoms with Gasteiger partial charge in [-0.1, -0.05) is 18.5 Å². The Kier molecular flexibility index (Phi) is 4.87. The standard InChI is InChI=1S/C13H18ClN5/c1-3-5-17-12(11-9-15-6-7-16-11)13-10(14)8-18-19(13)4-2/h6-9,12,17H,3-5H2,1-2H3. The van der Waals surface area contributed by atoms with Gasteiger partial charge in [-0.3, -0.25) is 14.6 Å². The summed E-state index contributed by atoms with van der Waals surface area (Å²) in [5.41, 5.74) is 1.80. The lowest BCUT2D eigenvalue weighted by Crippen LogP contribution is -2.27. The van der Waals surface area contributed by atoms with Gasteiger partial charge in [-0.25, -0.2) is 0 Å². The molecule has 0 aromatic carbocycles. The number of hydrogen-bond donors (Lipinski definition) is 1. The summed E-state index contributed by atoms with van der Waals surface area (Å²) in [5, 5.41) is 8.39. The van der Waals surface area contributed by atoms with Crippen LogP contribution in [0.1, 0.15) is 37.7 Å². The van der Waals surface area contributed by atoms with Crippen molar-refractivity contribution in [1.82, 2.24) is 25.1 Å². The van der Waals surface area contributed by atoms with Crippen molar-refractivity contribution in [2.45, 2.75) is 32.9 Å². The topological polar surface area (TPSA) is 55.6 Å². The number of hydrogen-bond acceptors (Lipinski definition) is 4. The molecule has 0 aliphatic heterocycles. The summed E-state index contributed by atoms with van der Waals surface area (Å²) in [6.07, 6.45) is 7.83. The lowest BCUT2D eigenvalue weighted by molar-refractivity contribution is 0.521. The van der Waals surface area contributed by atoms with E-state index in [4.69, 9.17) is 11.6 Å². The lowest BCUT2D eigenvalue weighted by atomic mass is 10.1. The number of rotatable bonds is 6. The van der Waals surface area contributed by atoms with E-state index in [0.29, 0.717) is 5.02 Å². The smallest absolute Gasteiger partial charge is 0.0952 e. The summed E-state index contributed by atoms with van der Waals surface area (Å²) in [4.78, 5) is 8.51. The minimum atomic E-state index is -0.0800. The highest BCUT2D eigenvalue weighted by atomic mass is 35.5. The third-order valence-electron chi connectivity index (χ3n) is 2.88. The number of nitrogens with zero attached hydrogens (tertiary/aromatic N) is 4. The number of aryl methyl sites for hydroxylation is 1. The van der Waals surface area contributed by atoms with Crippen LogP contribution in [0.3, 0.4) is 0 Å². The van der Waals surface area contributed by atoms with E-state index < -0.39 is 0 Å². The molecule has 0 bridgehead atoms. The Bertz CT molecular complexity index is 511. The fraction of sp³-hybridized carbons (Fsp3) is 0.462. The molecular weight excluding hydrogens is 262 g/mol. The third-order valence-corrected chi connectivity index (χ3v) is 3.17. The molecule has 6 heteroatoms. The van der Waals surface area contributed by atoms with Gasteiger partial charge in [0.05, 0.1) is 34.8 Å². The Morgan fingerprint density at radius 3 is 2.79 bits per heavy atom. The predicted molar refractivity (Wildman–Crippen MR) is 75.1 cm³/mol. The molecule has 2 aromatic heterocycles. The lowest BCUT2D eigenvalue weighted by Gasteiger charge is -2.19. The van der Waals surface area contributed by atoms with Gasteiger partial charge in [0.1, 0.15) is 0 Å². The fourth-order valence-electron chi connectivity index (χ4n) is 2.00. The zero-order valence-electron chi connectivity index (χ0n) is 11.2. The quantitative estimate of drug-likeness (QED) is 0.882. The van der Waals surface area contributed by atoms with Gasteiger partial charge in [-0.15, -0.1) is 0 Å². The minimum absolute atomic E-state index is 0.0800. The maximum Gasteiger partial charge on any atom is 0.0952 e. The first-order chi connectivity index (χ1) is 9.27. The van der Waals surface area contributed by atoms with Crippen molar-refractivity contribution in [3.05, 3.63) is 41.2 Å². The highest BCUT2D eigenvalue weighted by Crippen LogP contribution is 2.26. The highest BCUT2D eigenvalue weighted by Gasteiger charge is 2.22. The summed E-state index contributed by atoms with van der Waals surface area (Å²) < 4.78 is 1.89. The van der Waals surface area contributed by atoms with E-state index in [1.165, 1.54) is 0 Å². The van der Waals surface area contributed by atoms with Crippen LogP contribution < -0.4 is 5.32 Å². The van der Waals surface area contributed by atoms with Gasteiger partial charge in [-0.05, 0) is 19.9 Å². The van der Waals surface area contributed by atoms with Crippen molar-refractivity contribution < 1.29 is 0 Å². The molecule has 0 saturated carbocycles. The van der Waals surface area contributed by atoms with Crippen LogP contribution in [0.2, 0.25) is 5.02 Å². The van der Waals surface area contributed by atoms with Crippen LogP contribution in [0.25, 0.3) is 0 Å². The maximum atomic E-state index is 6.28. The number of nitrogens with one attached hydrogen (secondary N) is 1. The molecule has 1 N–H and O–H groups in total. The largest absolute Gasteiger partial charge is 0.304 e. The molecule has 2 rings (SSSR count). The molecule has 1 unspecified atom stereocenters. The second kappa shape index (κ2) is 6.63. The van der Waals surface area contributed by atoms with Gasteiger partial charge < -0.3 is 5.32 Å². The van der Waals surface area contributed by atoms with Crippen molar-refractivity contribution in [1.29, 1.82) is 0 Å². The first-order valence-corrected chi connectivity index (χ1v) is 6.86. The molecule has 0 aliphatic carbocycles. The molecule has 0 fully saturated rings. The van der Waals surface area contributed by atoms with Crippen LogP contribution in [0.15, 0.2) is 24.8 Å². The molecule has 5 nitrogen and oxygen atoms in total. The van der Waals surface area contributed by atoms with E-state index in [-0.39, 0.29) is 6.04 Å². The van der Waals surface area contributed by atoms with Crippen molar-refractivity contribution in [2.24, 2.45) is 0 Å². The minimum Gasteiger partial charge on any atom is -0.304 e. The van der Waals surface area contributed by atoms with Crippen LogP contribution in [0, 0.1) is 0 Å². The SMILES string of the molecule is CCCNC(c1cnccn1)c1c(Cl)cnn1CC. The normalized spacial score (nSPS) is 12.6. The summed E-state index contributed by atoms with van der Waals surface area (Å²) >= 11 is 6.28. The average Bonchev–Trinajstić information content (AvgIpc) is 2.82. The highest BCUT2D eigenvalue weighted by molar-refractivity contribution is 6.31. The molecule has 0 aliphatic rings. The van der Waals surface area contributed by atoms with Crippen molar-refractivity contribution in [2.75, 3.05) is 6.54 Å². The molecule has 19 heavy (non-hydrogen) atoms. The van der Waals surface area contributed by atoms with E-state index in [2.05, 4.69) is 27.3 Å². The van der Waals surface area contributed by atoms with Crippen LogP contribution >= 0.6 is 11.6 Å². The third kappa shape index (κ3) is 3.11. The summed E-state index contributed by atoms with van der Waals surface area (Å²) in [5.74, 6) is 0. The molecule has 0 radical (unpaired) electrons. The average molecular weight is 280 g/mol. The second-order valence-corrected chi connectivity index (χ2v) is 4.62. The Morgan fingerprint density at radius 2 is 2.16 bits per heavy atom. The number of halogens is 1. The monoisotopic (exact) mass is 279 g/mol. The first-order valence-electron chi connectivity index (χ1n) is 6.48. The Balaban J connectivity index is 2.40. The van der Waals surface area contributed by atoms with E-state index in [1.807, 2.05) is 11.6 Å². The van der Waals surface area contributed by atoms with E-state index >= 15 is 0 Å². The van der Waals surface area contributed by atoms with Crippen molar-refractivity contribution in [3.8, 4) is 0 Å². The van der Waals surface area contributed by atoms with Gasteiger partial charge in [0.15, 0.2) is 0 Å². The number of aromatic nitrogens is 4. The molecule has 0 spiro atoms. The van der Waals surface area contributed by atoms with Crippen LogP contribution in [-0.4, -0.2) is 26.3 Å². The molecule has 0 amide bonds. The molecular formula is C13H18ClN5. The molecule has 2 heterocycles. The van der Waals surface area contributed by atoms with Crippen LogP contribution in [0.5, 0.6) is 0 Å². The van der Waals surface area contributed by atoms with Gasteiger partial charge in [0, 0.05) is 18.9 Å². The summed E-state index contributed by atoms with van der Waals surface area (Å²) in [6.45, 7) is 5.82. The Hall–Kier alpha value is -1.46. The van der Waals surface area contributed by atoms with Gasteiger partial charge in [0.2, 0.25) is 0 Å². The van der Waals surface area contributed by atoms with Crippen LogP contribution in [-0.2, 0) is 6.54 Å². The summed E-state index contributed by atoms with van der Waals surface area (Å²) in [6, 6.07) is -0.0800. The van der Waals surface area contributed by atoms with Crippen molar-refractivity contribution >= 4 is 11.6 Å². The molecule has 102 valence electrons. The first kappa shape index (κ1) is 14.0. The summed E-state index contributed by atoms with van der Waals surface area (Å²) in [7, 11) is 0. The van der Waals surface area contributed by atoms with Crippen molar-refractivity contribution in [3.63, 3.8) is 0 Å². The van der Waals surface area contributed by atoms with E-state index in [9.17, 15) is 0 Å². The van der Waals surface area contributed by atoms with E-state index in [0.717, 1.165) is 30.9 Å². The zero-order valence-corrected chi connectivity index (χ0v) is 11.9. The molecule has 2 aromatic rings. The Morgan fingerprint density at radius 1 is 1.32 bits per heavy atom. The molecule has 0 saturated heterocycles. The predicted octanol–water partition coefficient (Wildman–Crippen LogP) is 2.44. The maximum absolute atomic E-state index is 6.28. The van der Waals surface area contributed by atoms with Crippen LogP contribution in [0.4, 0.5) is 0 Å². The zero-order chi connectivity index (χ0) is 13.7. The fourth-order valence-corrected chi connectivity index (χ4v) is 2.25.